The number of aliphatic hydroxyl groups is 2. The lowest BCUT2D eigenvalue weighted by molar-refractivity contribution is -0.389. The van der Waals surface area contributed by atoms with Crippen molar-refractivity contribution in [2.75, 3.05) is 6.61 Å². The molecule has 8 heteroatoms. The number of aromatic nitrogens is 2. The Morgan fingerprint density at radius 1 is 1.75 bits per heavy atom. The number of halogens is 1. The largest absolute Gasteiger partial charge is 0.393 e. The summed E-state index contributed by atoms with van der Waals surface area (Å²) in [5, 5.41) is 28.8. The molecule has 1 aromatic heterocycles. The zero-order chi connectivity index (χ0) is 12.3. The molecule has 0 spiro atoms. The van der Waals surface area contributed by atoms with Crippen molar-refractivity contribution in [3.8, 4) is 0 Å². The van der Waals surface area contributed by atoms with E-state index in [0.29, 0.717) is 11.3 Å². The van der Waals surface area contributed by atoms with Gasteiger partial charge in [-0.15, -0.1) is 0 Å². The Kier molecular flexibility index (Phi) is 4.00. The zero-order valence-corrected chi connectivity index (χ0v) is 10.2. The minimum atomic E-state index is -1.20. The van der Waals surface area contributed by atoms with E-state index in [1.54, 1.807) is 0 Å². The van der Waals surface area contributed by atoms with E-state index in [0.717, 1.165) is 0 Å². The Hall–Kier alpha value is -0.990. The van der Waals surface area contributed by atoms with Gasteiger partial charge >= 0.3 is 5.82 Å². The average molecular weight is 294 g/mol. The molecular weight excluding hydrogens is 282 g/mol. The quantitative estimate of drug-likeness (QED) is 0.614. The smallest absolute Gasteiger partial charge is 0.382 e. The zero-order valence-electron chi connectivity index (χ0n) is 8.63. The Bertz CT molecular complexity index is 391. The van der Waals surface area contributed by atoms with Gasteiger partial charge in [0.15, 0.2) is 0 Å². The number of nitro groups is 1. The third-order valence-corrected chi connectivity index (χ3v) is 2.77. The second-order valence-electron chi connectivity index (χ2n) is 3.72. The highest BCUT2D eigenvalue weighted by Crippen LogP contribution is 2.18. The predicted molar refractivity (Wildman–Crippen MR) is 58.9 cm³/mol. The van der Waals surface area contributed by atoms with Crippen LogP contribution in [0.1, 0.15) is 13.3 Å². The lowest BCUT2D eigenvalue weighted by atomic mass is 10.0. The third-order valence-electron chi connectivity index (χ3n) is 2.13. The molecule has 0 aliphatic carbocycles. The molecule has 90 valence electrons. The summed E-state index contributed by atoms with van der Waals surface area (Å²) < 4.78 is 1.83. The molecule has 7 nitrogen and oxygen atoms in total. The van der Waals surface area contributed by atoms with E-state index in [9.17, 15) is 15.2 Å². The van der Waals surface area contributed by atoms with Crippen LogP contribution in [0.3, 0.4) is 0 Å². The summed E-state index contributed by atoms with van der Waals surface area (Å²) in [5.41, 5.74) is -1.20. The van der Waals surface area contributed by atoms with Gasteiger partial charge in [0.25, 0.3) is 4.73 Å². The fraction of sp³-hybridized carbons (Fsp3) is 0.625. The second-order valence-corrected chi connectivity index (χ2v) is 4.43. The minimum Gasteiger partial charge on any atom is -0.393 e. The van der Waals surface area contributed by atoms with Crippen molar-refractivity contribution in [1.29, 1.82) is 0 Å². The lowest BCUT2D eigenvalue weighted by Gasteiger charge is -2.19. The van der Waals surface area contributed by atoms with E-state index in [1.807, 2.05) is 0 Å². The van der Waals surface area contributed by atoms with Gasteiger partial charge in [-0.25, -0.2) is 0 Å². The van der Waals surface area contributed by atoms with Crippen molar-refractivity contribution in [1.82, 2.24) is 9.55 Å². The van der Waals surface area contributed by atoms with Crippen LogP contribution in [-0.4, -0.2) is 36.9 Å². The van der Waals surface area contributed by atoms with Crippen LogP contribution in [0.15, 0.2) is 10.9 Å². The van der Waals surface area contributed by atoms with Crippen molar-refractivity contribution in [2.24, 2.45) is 0 Å². The van der Waals surface area contributed by atoms with E-state index >= 15 is 0 Å². The van der Waals surface area contributed by atoms with Gasteiger partial charge in [0, 0.05) is 22.5 Å². The number of hydrogen-bond donors (Lipinski definition) is 2. The first kappa shape index (κ1) is 13.1. The maximum absolute atomic E-state index is 10.4. The topological polar surface area (TPSA) is 101 Å². The van der Waals surface area contributed by atoms with Gasteiger partial charge in [0.2, 0.25) is 0 Å². The molecule has 0 saturated heterocycles. The fourth-order valence-electron chi connectivity index (χ4n) is 1.07. The van der Waals surface area contributed by atoms with Gasteiger partial charge in [-0.1, -0.05) is 0 Å². The van der Waals surface area contributed by atoms with Gasteiger partial charge in [-0.05, 0) is 23.3 Å². The molecule has 2 N–H and O–H groups in total. The van der Waals surface area contributed by atoms with Crippen molar-refractivity contribution in [2.45, 2.75) is 25.5 Å². The van der Waals surface area contributed by atoms with Gasteiger partial charge in [-0.3, -0.25) is 4.57 Å². The summed E-state index contributed by atoms with van der Waals surface area (Å²) in [5.74, 6) is -0.254. The molecule has 0 unspecified atom stereocenters. The number of hydrogen-bond acceptors (Lipinski definition) is 5. The first-order valence-electron chi connectivity index (χ1n) is 4.56. The number of aliphatic hydroxyl groups excluding tert-OH is 1. The molecule has 0 radical (unpaired) electrons. The van der Waals surface area contributed by atoms with Crippen LogP contribution in [0.25, 0.3) is 0 Å². The number of aryl methyl sites for hydroxylation is 1. The Balaban J connectivity index is 2.71. The van der Waals surface area contributed by atoms with Gasteiger partial charge in [-0.2, -0.15) is 0 Å². The van der Waals surface area contributed by atoms with Crippen molar-refractivity contribution in [3.05, 3.63) is 21.0 Å². The van der Waals surface area contributed by atoms with E-state index < -0.39 is 10.5 Å². The van der Waals surface area contributed by atoms with Crippen LogP contribution in [0.4, 0.5) is 5.82 Å². The van der Waals surface area contributed by atoms with E-state index in [1.165, 1.54) is 17.7 Å². The maximum atomic E-state index is 10.4. The van der Waals surface area contributed by atoms with Gasteiger partial charge in [0.05, 0.1) is 12.2 Å². The maximum Gasteiger partial charge on any atom is 0.382 e. The van der Waals surface area contributed by atoms with Crippen molar-refractivity contribution >= 4 is 21.7 Å². The molecule has 0 amide bonds. The van der Waals surface area contributed by atoms with Crippen LogP contribution >= 0.6 is 15.9 Å². The van der Waals surface area contributed by atoms with Crippen LogP contribution in [0.5, 0.6) is 0 Å². The van der Waals surface area contributed by atoms with Crippen LogP contribution < -0.4 is 0 Å². The minimum absolute atomic E-state index is 0.254. The molecule has 1 atom stereocenters. The van der Waals surface area contributed by atoms with Crippen molar-refractivity contribution in [3.63, 3.8) is 0 Å². The summed E-state index contributed by atoms with van der Waals surface area (Å²) >= 11 is 3.08. The van der Waals surface area contributed by atoms with Gasteiger partial charge in [0.1, 0.15) is 6.20 Å². The number of rotatable bonds is 5. The van der Waals surface area contributed by atoms with Gasteiger partial charge < -0.3 is 20.3 Å². The number of imidazole rings is 1. The Morgan fingerprint density at radius 3 is 2.81 bits per heavy atom. The highest BCUT2D eigenvalue weighted by atomic mass is 79.9. The third kappa shape index (κ3) is 3.26. The highest BCUT2D eigenvalue weighted by Gasteiger charge is 2.21. The van der Waals surface area contributed by atoms with E-state index in [2.05, 4.69) is 20.9 Å². The fourth-order valence-corrected chi connectivity index (χ4v) is 1.53. The summed E-state index contributed by atoms with van der Waals surface area (Å²) in [7, 11) is 0. The summed E-state index contributed by atoms with van der Waals surface area (Å²) in [6.07, 6.45) is 1.55. The molecule has 0 aromatic carbocycles. The molecule has 1 heterocycles. The molecular formula is C8H12BrN3O4. The Morgan fingerprint density at radius 2 is 2.38 bits per heavy atom. The summed E-state index contributed by atoms with van der Waals surface area (Å²) in [6, 6.07) is 0. The van der Waals surface area contributed by atoms with E-state index in [4.69, 9.17) is 5.11 Å². The molecule has 0 bridgehead atoms. The number of nitrogens with zero attached hydrogens (tertiary/aromatic N) is 3. The van der Waals surface area contributed by atoms with Crippen LogP contribution in [0.2, 0.25) is 0 Å². The van der Waals surface area contributed by atoms with Crippen molar-refractivity contribution < 1.29 is 15.1 Å². The molecule has 1 aromatic rings. The molecule has 0 saturated carbocycles. The normalized spacial score (nSPS) is 14.8. The molecule has 1 rings (SSSR count). The first-order valence-corrected chi connectivity index (χ1v) is 5.35. The summed E-state index contributed by atoms with van der Waals surface area (Å²) in [4.78, 5) is 13.5. The Labute approximate surface area is 100 Å². The lowest BCUT2D eigenvalue weighted by Crippen LogP contribution is -2.30. The molecule has 16 heavy (non-hydrogen) atoms. The summed E-state index contributed by atoms with van der Waals surface area (Å²) in [6.45, 7) is 1.46. The SMILES string of the molecule is C[C@](O)(CO)CCn1cc([N+](=O)[O-])nc1Br. The first-order chi connectivity index (χ1) is 7.35. The monoisotopic (exact) mass is 293 g/mol. The molecule has 0 aliphatic heterocycles. The highest BCUT2D eigenvalue weighted by molar-refractivity contribution is 9.10. The molecule has 0 fully saturated rings. The average Bonchev–Trinajstić information content (AvgIpc) is 2.57. The van der Waals surface area contributed by atoms with Crippen LogP contribution in [0, 0.1) is 10.1 Å². The standard InChI is InChI=1S/C8H12BrN3O4/c1-8(14,5-13)2-3-11-4-6(12(15)16)10-7(11)9/h4,13-14H,2-3,5H2,1H3/t8-/m1/s1. The predicted octanol–water partition coefficient (Wildman–Crippen LogP) is 0.687. The molecule has 0 aliphatic rings. The van der Waals surface area contributed by atoms with E-state index in [-0.39, 0.29) is 18.8 Å². The second kappa shape index (κ2) is 4.89. The van der Waals surface area contributed by atoms with Crippen LogP contribution in [-0.2, 0) is 6.54 Å².